The van der Waals surface area contributed by atoms with E-state index in [0.717, 1.165) is 6.42 Å². The molecule has 0 bridgehead atoms. The zero-order valence-electron chi connectivity index (χ0n) is 14.8. The van der Waals surface area contributed by atoms with Gasteiger partial charge in [-0.2, -0.15) is 0 Å². The van der Waals surface area contributed by atoms with Crippen LogP contribution in [0.15, 0.2) is 53.3 Å². The molecule has 1 aromatic rings. The summed E-state index contributed by atoms with van der Waals surface area (Å²) in [6, 6.07) is 8.93. The van der Waals surface area contributed by atoms with Gasteiger partial charge in [0.05, 0.1) is 8.07 Å². The van der Waals surface area contributed by atoms with Crippen LogP contribution >= 0.6 is 0 Å². The smallest absolute Gasteiger partial charge is 0.0771 e. The first kappa shape index (κ1) is 15.5. The largest absolute Gasteiger partial charge is 0.0904 e. The number of rotatable bonds is 2. The van der Waals surface area contributed by atoms with Gasteiger partial charge in [0.25, 0.3) is 0 Å². The van der Waals surface area contributed by atoms with Gasteiger partial charge in [0, 0.05) is 5.04 Å². The third-order valence-electron chi connectivity index (χ3n) is 5.96. The van der Waals surface area contributed by atoms with E-state index < -0.39 is 8.07 Å². The van der Waals surface area contributed by atoms with Crippen LogP contribution < -0.4 is 0 Å². The van der Waals surface area contributed by atoms with Crippen LogP contribution in [0.25, 0.3) is 6.08 Å². The molecule has 22 heavy (non-hydrogen) atoms. The number of hydrogen-bond acceptors (Lipinski definition) is 0. The summed E-state index contributed by atoms with van der Waals surface area (Å²) < 4.78 is 0. The molecule has 0 nitrogen and oxygen atoms in total. The second-order valence-corrected chi connectivity index (χ2v) is 13.5. The predicted molar refractivity (Wildman–Crippen MR) is 101 cm³/mol. The standard InChI is InChI=1S/C21H28Si/c1-20(2,3)17-11-12-18(15-17)22(5,6)21(4)14-13-16-9-7-8-10-19(16)21/h7-11,13-15H,12H2,1-6H3. The van der Waals surface area contributed by atoms with Crippen LogP contribution in [0.3, 0.4) is 0 Å². The minimum atomic E-state index is -1.61. The number of fused-ring (bicyclic) bond motifs is 1. The molecule has 0 aromatic heterocycles. The molecule has 1 atom stereocenters. The van der Waals surface area contributed by atoms with Crippen LogP contribution in [0.5, 0.6) is 0 Å². The van der Waals surface area contributed by atoms with Gasteiger partial charge in [0.15, 0.2) is 0 Å². The average molecular weight is 309 g/mol. The van der Waals surface area contributed by atoms with E-state index in [1.54, 1.807) is 5.20 Å². The SMILES string of the molecule is CC(C)(C)C1=CCC([Si](C)(C)C2(C)C=Cc3ccccc32)=C1. The summed E-state index contributed by atoms with van der Waals surface area (Å²) in [5, 5.41) is 1.90. The second-order valence-electron chi connectivity index (χ2n) is 8.53. The Morgan fingerprint density at radius 1 is 1.09 bits per heavy atom. The molecule has 3 rings (SSSR count). The molecule has 0 amide bonds. The topological polar surface area (TPSA) is 0 Å². The van der Waals surface area contributed by atoms with Crippen molar-refractivity contribution >= 4 is 14.1 Å². The number of allylic oxidation sites excluding steroid dienone is 5. The molecule has 1 aromatic carbocycles. The summed E-state index contributed by atoms with van der Waals surface area (Å²) in [6.45, 7) is 14.5. The van der Waals surface area contributed by atoms with Crippen molar-refractivity contribution in [2.75, 3.05) is 0 Å². The van der Waals surface area contributed by atoms with Crippen molar-refractivity contribution in [1.82, 2.24) is 0 Å². The van der Waals surface area contributed by atoms with E-state index in [9.17, 15) is 0 Å². The Morgan fingerprint density at radius 2 is 1.77 bits per heavy atom. The molecule has 0 saturated heterocycles. The molecule has 0 spiro atoms. The van der Waals surface area contributed by atoms with Crippen molar-refractivity contribution in [3.05, 3.63) is 64.4 Å². The molecule has 0 N–H and O–H groups in total. The summed E-state index contributed by atoms with van der Waals surface area (Å²) >= 11 is 0. The maximum Gasteiger partial charge on any atom is 0.0904 e. The normalized spacial score (nSPS) is 24.3. The van der Waals surface area contributed by atoms with E-state index in [0.29, 0.717) is 0 Å². The van der Waals surface area contributed by atoms with Crippen molar-refractivity contribution in [3.63, 3.8) is 0 Å². The molecule has 0 fully saturated rings. The summed E-state index contributed by atoms with van der Waals surface area (Å²) in [7, 11) is -1.61. The Balaban J connectivity index is 2.01. The van der Waals surface area contributed by atoms with Crippen molar-refractivity contribution in [1.29, 1.82) is 0 Å². The molecule has 2 aliphatic rings. The number of hydrogen-bond donors (Lipinski definition) is 0. The van der Waals surface area contributed by atoms with Gasteiger partial charge in [-0.15, -0.1) is 0 Å². The quantitative estimate of drug-likeness (QED) is 0.582. The van der Waals surface area contributed by atoms with Crippen LogP contribution in [0.2, 0.25) is 13.1 Å². The highest BCUT2D eigenvalue weighted by Gasteiger charge is 2.47. The Labute approximate surface area is 136 Å². The van der Waals surface area contributed by atoms with E-state index in [1.807, 2.05) is 0 Å². The Bertz CT molecular complexity index is 695. The second kappa shape index (κ2) is 4.83. The first-order chi connectivity index (χ1) is 10.2. The molecule has 116 valence electrons. The minimum Gasteiger partial charge on any atom is -0.0771 e. The Hall–Kier alpha value is -1.34. The van der Waals surface area contributed by atoms with Gasteiger partial charge in [0.2, 0.25) is 0 Å². The molecular formula is C21H28Si. The van der Waals surface area contributed by atoms with Gasteiger partial charge in [-0.3, -0.25) is 0 Å². The van der Waals surface area contributed by atoms with E-state index in [-0.39, 0.29) is 10.5 Å². The van der Waals surface area contributed by atoms with Crippen molar-refractivity contribution in [3.8, 4) is 0 Å². The maximum atomic E-state index is 2.55. The molecule has 0 saturated carbocycles. The average Bonchev–Trinajstić information content (AvgIpc) is 3.05. The molecule has 2 aliphatic carbocycles. The molecule has 1 unspecified atom stereocenters. The zero-order valence-corrected chi connectivity index (χ0v) is 15.8. The highest BCUT2D eigenvalue weighted by molar-refractivity contribution is 6.87. The fourth-order valence-corrected chi connectivity index (χ4v) is 7.02. The van der Waals surface area contributed by atoms with E-state index >= 15 is 0 Å². The lowest BCUT2D eigenvalue weighted by Gasteiger charge is -2.41. The van der Waals surface area contributed by atoms with Crippen molar-refractivity contribution in [2.45, 2.75) is 52.2 Å². The lowest BCUT2D eigenvalue weighted by Crippen LogP contribution is -2.49. The highest BCUT2D eigenvalue weighted by atomic mass is 28.3. The van der Waals surface area contributed by atoms with Crippen LogP contribution in [0.1, 0.15) is 45.2 Å². The third kappa shape index (κ3) is 2.18. The summed E-state index contributed by atoms with van der Waals surface area (Å²) in [5.41, 5.74) is 4.71. The monoisotopic (exact) mass is 308 g/mol. The minimum absolute atomic E-state index is 0.205. The first-order valence-electron chi connectivity index (χ1n) is 8.37. The molecular weight excluding hydrogens is 280 g/mol. The maximum absolute atomic E-state index is 2.55. The fraction of sp³-hybridized carbons (Fsp3) is 0.429. The highest BCUT2D eigenvalue weighted by Crippen LogP contribution is 2.48. The Morgan fingerprint density at radius 3 is 2.41 bits per heavy atom. The van der Waals surface area contributed by atoms with E-state index in [2.05, 4.69) is 89.4 Å². The fourth-order valence-electron chi connectivity index (χ4n) is 3.82. The van der Waals surface area contributed by atoms with Crippen molar-refractivity contribution in [2.24, 2.45) is 5.41 Å². The van der Waals surface area contributed by atoms with E-state index in [4.69, 9.17) is 0 Å². The lowest BCUT2D eigenvalue weighted by atomic mass is 9.87. The third-order valence-corrected chi connectivity index (χ3v) is 10.9. The van der Waals surface area contributed by atoms with Crippen LogP contribution in [0.4, 0.5) is 0 Å². The summed E-state index contributed by atoms with van der Waals surface area (Å²) in [5.74, 6) is 0. The molecule has 0 heterocycles. The van der Waals surface area contributed by atoms with Crippen LogP contribution in [-0.4, -0.2) is 8.07 Å². The lowest BCUT2D eigenvalue weighted by molar-refractivity contribution is 0.518. The van der Waals surface area contributed by atoms with Gasteiger partial charge in [-0.25, -0.2) is 0 Å². The first-order valence-corrected chi connectivity index (χ1v) is 11.4. The van der Waals surface area contributed by atoms with Crippen LogP contribution in [0, 0.1) is 5.41 Å². The summed E-state index contributed by atoms with van der Waals surface area (Å²) in [4.78, 5) is 0. The molecule has 0 radical (unpaired) electrons. The Kier molecular flexibility index (Phi) is 3.41. The number of benzene rings is 1. The zero-order chi connectivity index (χ0) is 16.2. The van der Waals surface area contributed by atoms with E-state index in [1.165, 1.54) is 16.7 Å². The van der Waals surface area contributed by atoms with Gasteiger partial charge < -0.3 is 0 Å². The summed E-state index contributed by atoms with van der Waals surface area (Å²) in [6.07, 6.45) is 10.9. The van der Waals surface area contributed by atoms with Crippen molar-refractivity contribution < 1.29 is 0 Å². The molecule has 0 aliphatic heterocycles. The van der Waals surface area contributed by atoms with Crippen LogP contribution in [-0.2, 0) is 5.04 Å². The van der Waals surface area contributed by atoms with Gasteiger partial charge in [-0.05, 0) is 28.5 Å². The van der Waals surface area contributed by atoms with Gasteiger partial charge in [-0.1, -0.05) is 94.6 Å². The molecule has 1 heteroatoms. The predicted octanol–water partition coefficient (Wildman–Crippen LogP) is 6.06. The van der Waals surface area contributed by atoms with Gasteiger partial charge >= 0.3 is 0 Å². The van der Waals surface area contributed by atoms with Gasteiger partial charge in [0.1, 0.15) is 0 Å².